The molecular formula is C18H22N2O4S. The first-order chi connectivity index (χ1) is 11.7. The van der Waals surface area contributed by atoms with E-state index in [4.69, 9.17) is 4.74 Å². The summed E-state index contributed by atoms with van der Waals surface area (Å²) in [6, 6.07) is 10.7. The molecule has 1 aliphatic rings. The van der Waals surface area contributed by atoms with Crippen LogP contribution >= 0.6 is 0 Å². The minimum Gasteiger partial charge on any atom is -0.487 e. The van der Waals surface area contributed by atoms with E-state index < -0.39 is 10.0 Å². The molecule has 0 aliphatic carbocycles. The van der Waals surface area contributed by atoms with Gasteiger partial charge in [-0.25, -0.2) is 8.42 Å². The van der Waals surface area contributed by atoms with Crippen LogP contribution in [-0.2, 0) is 22.8 Å². The molecule has 25 heavy (non-hydrogen) atoms. The zero-order valence-corrected chi connectivity index (χ0v) is 15.4. The van der Waals surface area contributed by atoms with E-state index in [-0.39, 0.29) is 17.4 Å². The fraction of sp³-hybridized carbons (Fsp3) is 0.389. The van der Waals surface area contributed by atoms with Gasteiger partial charge in [-0.2, -0.15) is 4.31 Å². The van der Waals surface area contributed by atoms with Crippen molar-refractivity contribution in [1.82, 2.24) is 8.87 Å². The molecule has 6 nitrogen and oxygen atoms in total. The predicted molar refractivity (Wildman–Crippen MR) is 96.2 cm³/mol. The minimum absolute atomic E-state index is 0.00755. The molecule has 134 valence electrons. The molecule has 2 aromatic rings. The van der Waals surface area contributed by atoms with Crippen LogP contribution in [0.15, 0.2) is 41.2 Å². The van der Waals surface area contributed by atoms with Gasteiger partial charge >= 0.3 is 0 Å². The van der Waals surface area contributed by atoms with Crippen LogP contribution < -0.4 is 10.3 Å². The van der Waals surface area contributed by atoms with Gasteiger partial charge in [0.1, 0.15) is 11.9 Å². The molecule has 1 aromatic heterocycles. The van der Waals surface area contributed by atoms with Crippen LogP contribution in [0, 0.1) is 13.8 Å². The fourth-order valence-corrected chi connectivity index (χ4v) is 4.37. The Bertz CT molecular complexity index is 944. The van der Waals surface area contributed by atoms with E-state index >= 15 is 0 Å². The maximum absolute atomic E-state index is 12.5. The first-order valence-corrected chi connectivity index (χ1v) is 9.73. The second-order valence-corrected chi connectivity index (χ2v) is 8.50. The van der Waals surface area contributed by atoms with Gasteiger partial charge in [0.15, 0.2) is 0 Å². The molecule has 1 aliphatic heterocycles. The highest BCUT2D eigenvalue weighted by Gasteiger charge is 2.37. The third-order valence-corrected chi connectivity index (χ3v) is 6.20. The third kappa shape index (κ3) is 3.93. The van der Waals surface area contributed by atoms with E-state index in [1.807, 2.05) is 38.1 Å². The molecule has 0 radical (unpaired) electrons. The number of benzene rings is 1. The van der Waals surface area contributed by atoms with Gasteiger partial charge in [0.25, 0.3) is 5.56 Å². The van der Waals surface area contributed by atoms with Crippen molar-refractivity contribution in [3.05, 3.63) is 63.6 Å². The molecule has 1 saturated heterocycles. The first kappa shape index (κ1) is 17.7. The molecule has 0 saturated carbocycles. The molecule has 7 heteroatoms. The lowest BCUT2D eigenvalue weighted by molar-refractivity contribution is 0.0758. The van der Waals surface area contributed by atoms with E-state index in [0.29, 0.717) is 18.8 Å². The average Bonchev–Trinajstić information content (AvgIpc) is 2.47. The van der Waals surface area contributed by atoms with Crippen molar-refractivity contribution in [2.75, 3.05) is 13.1 Å². The lowest BCUT2D eigenvalue weighted by Crippen LogP contribution is -2.56. The summed E-state index contributed by atoms with van der Waals surface area (Å²) in [5, 5.41) is 0. The minimum atomic E-state index is -3.35. The Labute approximate surface area is 147 Å². The summed E-state index contributed by atoms with van der Waals surface area (Å²) in [4.78, 5) is 11.8. The van der Waals surface area contributed by atoms with E-state index in [2.05, 4.69) is 0 Å². The molecule has 0 bridgehead atoms. The summed E-state index contributed by atoms with van der Waals surface area (Å²) in [5.74, 6) is 0.480. The topological polar surface area (TPSA) is 68.6 Å². The van der Waals surface area contributed by atoms with Crippen molar-refractivity contribution >= 4 is 10.0 Å². The lowest BCUT2D eigenvalue weighted by atomic mass is 10.2. The van der Waals surface area contributed by atoms with Crippen molar-refractivity contribution < 1.29 is 13.2 Å². The highest BCUT2D eigenvalue weighted by Crippen LogP contribution is 2.22. The number of pyridine rings is 1. The number of hydrogen-bond donors (Lipinski definition) is 0. The van der Waals surface area contributed by atoms with Crippen LogP contribution in [-0.4, -0.2) is 36.5 Å². The summed E-state index contributed by atoms with van der Waals surface area (Å²) in [6.45, 7) is 4.38. The average molecular weight is 362 g/mol. The van der Waals surface area contributed by atoms with Crippen LogP contribution in [0.5, 0.6) is 5.75 Å². The van der Waals surface area contributed by atoms with Crippen molar-refractivity contribution in [2.45, 2.75) is 25.7 Å². The molecule has 0 atom stereocenters. The molecular weight excluding hydrogens is 340 g/mol. The first-order valence-electron chi connectivity index (χ1n) is 8.12. The quantitative estimate of drug-likeness (QED) is 0.810. The van der Waals surface area contributed by atoms with Gasteiger partial charge in [-0.05, 0) is 25.5 Å². The largest absolute Gasteiger partial charge is 0.487 e. The van der Waals surface area contributed by atoms with Crippen molar-refractivity contribution in [3.63, 3.8) is 0 Å². The van der Waals surface area contributed by atoms with Crippen LogP contribution in [0.3, 0.4) is 0 Å². The van der Waals surface area contributed by atoms with E-state index in [0.717, 1.165) is 16.8 Å². The van der Waals surface area contributed by atoms with Crippen molar-refractivity contribution in [2.24, 2.45) is 7.05 Å². The molecule has 0 N–H and O–H groups in total. The molecule has 3 rings (SSSR count). The molecule has 1 fully saturated rings. The molecule has 0 amide bonds. The van der Waals surface area contributed by atoms with Gasteiger partial charge < -0.3 is 9.30 Å². The Hall–Kier alpha value is -2.12. The van der Waals surface area contributed by atoms with E-state index in [1.165, 1.54) is 14.9 Å². The fourth-order valence-electron chi connectivity index (χ4n) is 2.80. The molecule has 2 heterocycles. The Morgan fingerprint density at radius 1 is 1.16 bits per heavy atom. The Balaban J connectivity index is 1.61. The Morgan fingerprint density at radius 3 is 2.52 bits per heavy atom. The number of sulfonamides is 1. The van der Waals surface area contributed by atoms with E-state index in [9.17, 15) is 13.2 Å². The second-order valence-electron chi connectivity index (χ2n) is 6.53. The number of hydrogen-bond acceptors (Lipinski definition) is 4. The van der Waals surface area contributed by atoms with Gasteiger partial charge in [0.2, 0.25) is 10.0 Å². The number of nitrogens with zero attached hydrogens (tertiary/aromatic N) is 2. The number of aryl methyl sites for hydroxylation is 2. The van der Waals surface area contributed by atoms with Crippen LogP contribution in [0.1, 0.15) is 16.8 Å². The molecule has 0 unspecified atom stereocenters. The van der Waals surface area contributed by atoms with Gasteiger partial charge in [0, 0.05) is 18.8 Å². The summed E-state index contributed by atoms with van der Waals surface area (Å²) >= 11 is 0. The maximum Gasteiger partial charge on any atom is 0.254 e. The number of rotatable bonds is 5. The summed E-state index contributed by atoms with van der Waals surface area (Å²) < 4.78 is 33.6. The molecule has 1 aromatic carbocycles. The van der Waals surface area contributed by atoms with Gasteiger partial charge in [-0.15, -0.1) is 0 Å². The Kier molecular flexibility index (Phi) is 4.71. The van der Waals surface area contributed by atoms with E-state index in [1.54, 1.807) is 13.1 Å². The zero-order chi connectivity index (χ0) is 18.2. The van der Waals surface area contributed by atoms with Crippen molar-refractivity contribution in [1.29, 1.82) is 0 Å². The summed E-state index contributed by atoms with van der Waals surface area (Å²) in [7, 11) is -1.66. The standard InChI is InChI=1S/C18H22N2O4S/c1-13-5-4-6-15(7-13)12-25(22,23)20-10-17(11-20)24-16-8-14(2)19(3)18(21)9-16/h4-9,17H,10-12H2,1-3H3. The summed E-state index contributed by atoms with van der Waals surface area (Å²) in [5.41, 5.74) is 2.48. The van der Waals surface area contributed by atoms with Crippen molar-refractivity contribution in [3.8, 4) is 5.75 Å². The predicted octanol–water partition coefficient (Wildman–Crippen LogP) is 1.60. The third-order valence-electron chi connectivity index (χ3n) is 4.42. The highest BCUT2D eigenvalue weighted by molar-refractivity contribution is 7.88. The highest BCUT2D eigenvalue weighted by atomic mass is 32.2. The van der Waals surface area contributed by atoms with Gasteiger partial charge in [-0.3, -0.25) is 4.79 Å². The zero-order valence-electron chi connectivity index (χ0n) is 14.6. The SMILES string of the molecule is Cc1cccc(CS(=O)(=O)N2CC(Oc3cc(C)n(C)c(=O)c3)C2)c1. The second kappa shape index (κ2) is 6.65. The van der Waals surface area contributed by atoms with Crippen LogP contribution in [0.4, 0.5) is 0 Å². The normalized spacial score (nSPS) is 15.8. The number of ether oxygens (including phenoxy) is 1. The van der Waals surface area contributed by atoms with Crippen LogP contribution in [0.25, 0.3) is 0 Å². The summed E-state index contributed by atoms with van der Waals surface area (Å²) in [6.07, 6.45) is -0.223. The van der Waals surface area contributed by atoms with Crippen LogP contribution in [0.2, 0.25) is 0 Å². The Morgan fingerprint density at radius 2 is 1.88 bits per heavy atom. The van der Waals surface area contributed by atoms with Gasteiger partial charge in [0.05, 0.1) is 18.8 Å². The monoisotopic (exact) mass is 362 g/mol. The van der Waals surface area contributed by atoms with Gasteiger partial charge in [-0.1, -0.05) is 29.8 Å². The molecule has 0 spiro atoms. The number of aromatic nitrogens is 1. The maximum atomic E-state index is 12.5. The smallest absolute Gasteiger partial charge is 0.254 e. The lowest BCUT2D eigenvalue weighted by Gasteiger charge is -2.37.